The van der Waals surface area contributed by atoms with Crippen LogP contribution in [0, 0.1) is 13.8 Å². The zero-order valence-corrected chi connectivity index (χ0v) is 12.4. The molecule has 1 fully saturated rings. The molecule has 2 nitrogen and oxygen atoms in total. The molecule has 2 aromatic rings. The van der Waals surface area contributed by atoms with Crippen LogP contribution in [0.3, 0.4) is 0 Å². The topological polar surface area (TPSA) is 24.9 Å². The van der Waals surface area contributed by atoms with Crippen molar-refractivity contribution >= 4 is 11.3 Å². The summed E-state index contributed by atoms with van der Waals surface area (Å²) < 4.78 is 0. The van der Waals surface area contributed by atoms with Crippen LogP contribution >= 0.6 is 11.3 Å². The number of hydrogen-bond acceptors (Lipinski definition) is 3. The van der Waals surface area contributed by atoms with Crippen molar-refractivity contribution in [2.75, 3.05) is 13.1 Å². The van der Waals surface area contributed by atoms with Crippen LogP contribution in [0.5, 0.6) is 0 Å². The lowest BCUT2D eigenvalue weighted by Gasteiger charge is -2.20. The molecule has 1 aromatic carbocycles. The molecule has 1 saturated heterocycles. The average Bonchev–Trinajstić information content (AvgIpc) is 2.82. The highest BCUT2D eigenvalue weighted by Crippen LogP contribution is 2.33. The van der Waals surface area contributed by atoms with Crippen LogP contribution in [-0.4, -0.2) is 18.1 Å². The van der Waals surface area contributed by atoms with Gasteiger partial charge in [0.1, 0.15) is 0 Å². The fourth-order valence-corrected chi connectivity index (χ4v) is 3.79. The first kappa shape index (κ1) is 12.8. The maximum Gasteiger partial charge on any atom is 0.0978 e. The van der Waals surface area contributed by atoms with E-state index in [4.69, 9.17) is 4.98 Å². The number of benzene rings is 1. The number of aryl methyl sites for hydroxylation is 2. The van der Waals surface area contributed by atoms with Crippen molar-refractivity contribution in [2.24, 2.45) is 0 Å². The molecule has 1 unspecified atom stereocenters. The molecular weight excluding hydrogens is 252 g/mol. The number of nitrogens with zero attached hydrogens (tertiary/aromatic N) is 1. The van der Waals surface area contributed by atoms with E-state index in [9.17, 15) is 0 Å². The molecule has 1 aromatic heterocycles. The summed E-state index contributed by atoms with van der Waals surface area (Å²) in [5.74, 6) is 0.607. The molecule has 2 heterocycles. The van der Waals surface area contributed by atoms with Crippen LogP contribution in [0.25, 0.3) is 11.3 Å². The van der Waals surface area contributed by atoms with Crippen LogP contribution in [0.15, 0.2) is 24.3 Å². The van der Waals surface area contributed by atoms with Gasteiger partial charge in [-0.1, -0.05) is 23.8 Å². The molecule has 0 saturated carbocycles. The van der Waals surface area contributed by atoms with Gasteiger partial charge in [-0.15, -0.1) is 11.3 Å². The van der Waals surface area contributed by atoms with Gasteiger partial charge in [-0.2, -0.15) is 0 Å². The quantitative estimate of drug-likeness (QED) is 0.897. The smallest absolute Gasteiger partial charge is 0.0978 e. The van der Waals surface area contributed by atoms with Gasteiger partial charge in [-0.25, -0.2) is 4.98 Å². The molecule has 0 amide bonds. The summed E-state index contributed by atoms with van der Waals surface area (Å²) in [5.41, 5.74) is 3.73. The molecule has 100 valence electrons. The SMILES string of the molecule is Cc1cccc(-c2nc(C3CCCNC3)sc2C)c1. The highest BCUT2D eigenvalue weighted by atomic mass is 32.1. The minimum absolute atomic E-state index is 0.607. The Morgan fingerprint density at radius 2 is 2.21 bits per heavy atom. The zero-order chi connectivity index (χ0) is 13.2. The molecule has 1 aliphatic heterocycles. The fraction of sp³-hybridized carbons (Fsp3) is 0.438. The van der Waals surface area contributed by atoms with Gasteiger partial charge < -0.3 is 5.32 Å². The summed E-state index contributed by atoms with van der Waals surface area (Å²) >= 11 is 1.87. The standard InChI is InChI=1S/C16H20N2S/c1-11-5-3-6-13(9-11)15-12(2)19-16(18-15)14-7-4-8-17-10-14/h3,5-6,9,14,17H,4,7-8,10H2,1-2H3. The molecule has 1 atom stereocenters. The number of nitrogens with one attached hydrogen (secondary N) is 1. The molecule has 0 radical (unpaired) electrons. The van der Waals surface area contributed by atoms with Crippen molar-refractivity contribution in [1.82, 2.24) is 10.3 Å². The van der Waals surface area contributed by atoms with Gasteiger partial charge in [0.05, 0.1) is 10.7 Å². The first-order valence-corrected chi connectivity index (χ1v) is 7.81. The maximum atomic E-state index is 4.92. The summed E-state index contributed by atoms with van der Waals surface area (Å²) in [6.45, 7) is 6.57. The Morgan fingerprint density at radius 3 is 2.95 bits per heavy atom. The predicted molar refractivity (Wildman–Crippen MR) is 81.9 cm³/mol. The van der Waals surface area contributed by atoms with E-state index in [2.05, 4.69) is 43.4 Å². The normalized spacial score (nSPS) is 19.6. The van der Waals surface area contributed by atoms with E-state index in [1.54, 1.807) is 0 Å². The van der Waals surface area contributed by atoms with E-state index in [0.717, 1.165) is 13.1 Å². The molecule has 1 aliphatic rings. The van der Waals surface area contributed by atoms with Gasteiger partial charge in [-0.3, -0.25) is 0 Å². The van der Waals surface area contributed by atoms with Crippen molar-refractivity contribution in [3.05, 3.63) is 39.7 Å². The summed E-state index contributed by atoms with van der Waals surface area (Å²) in [7, 11) is 0. The first-order valence-electron chi connectivity index (χ1n) is 6.99. The van der Waals surface area contributed by atoms with E-state index in [1.807, 2.05) is 11.3 Å². The monoisotopic (exact) mass is 272 g/mol. The Labute approximate surface area is 118 Å². The number of piperidine rings is 1. The summed E-state index contributed by atoms with van der Waals surface area (Å²) in [6, 6.07) is 8.64. The number of aromatic nitrogens is 1. The summed E-state index contributed by atoms with van der Waals surface area (Å²) in [6.07, 6.45) is 2.54. The lowest BCUT2D eigenvalue weighted by Crippen LogP contribution is -2.28. The molecule has 0 spiro atoms. The Balaban J connectivity index is 1.92. The third-order valence-electron chi connectivity index (χ3n) is 3.75. The van der Waals surface area contributed by atoms with E-state index >= 15 is 0 Å². The highest BCUT2D eigenvalue weighted by molar-refractivity contribution is 7.12. The molecule has 19 heavy (non-hydrogen) atoms. The van der Waals surface area contributed by atoms with Crippen LogP contribution < -0.4 is 5.32 Å². The lowest BCUT2D eigenvalue weighted by atomic mass is 10.0. The molecule has 3 heteroatoms. The van der Waals surface area contributed by atoms with E-state index in [-0.39, 0.29) is 0 Å². The minimum atomic E-state index is 0.607. The van der Waals surface area contributed by atoms with Crippen molar-refractivity contribution < 1.29 is 0 Å². The number of hydrogen-bond donors (Lipinski definition) is 1. The van der Waals surface area contributed by atoms with Crippen LogP contribution in [0.2, 0.25) is 0 Å². The van der Waals surface area contributed by atoms with Gasteiger partial charge in [0.15, 0.2) is 0 Å². The van der Waals surface area contributed by atoms with E-state index in [1.165, 1.54) is 39.5 Å². The second kappa shape index (κ2) is 5.43. The molecule has 1 N–H and O–H groups in total. The van der Waals surface area contributed by atoms with Crippen molar-refractivity contribution in [1.29, 1.82) is 0 Å². The molecule has 3 rings (SSSR count). The van der Waals surface area contributed by atoms with Crippen molar-refractivity contribution in [3.8, 4) is 11.3 Å². The van der Waals surface area contributed by atoms with Gasteiger partial charge in [0, 0.05) is 22.9 Å². The van der Waals surface area contributed by atoms with Gasteiger partial charge in [0.25, 0.3) is 0 Å². The second-order valence-corrected chi connectivity index (χ2v) is 6.60. The molecule has 0 aliphatic carbocycles. The third kappa shape index (κ3) is 2.72. The number of rotatable bonds is 2. The summed E-state index contributed by atoms with van der Waals surface area (Å²) in [4.78, 5) is 6.26. The largest absolute Gasteiger partial charge is 0.316 e. The van der Waals surface area contributed by atoms with Crippen molar-refractivity contribution in [3.63, 3.8) is 0 Å². The number of thiazole rings is 1. The molecular formula is C16H20N2S. The zero-order valence-electron chi connectivity index (χ0n) is 11.6. The first-order chi connectivity index (χ1) is 9.24. The fourth-order valence-electron chi connectivity index (χ4n) is 2.71. The third-order valence-corrected chi connectivity index (χ3v) is 4.88. The van der Waals surface area contributed by atoms with Crippen molar-refractivity contribution in [2.45, 2.75) is 32.6 Å². The lowest BCUT2D eigenvalue weighted by molar-refractivity contribution is 0.460. The van der Waals surface area contributed by atoms with Crippen LogP contribution in [-0.2, 0) is 0 Å². The summed E-state index contributed by atoms with van der Waals surface area (Å²) in [5, 5.41) is 4.78. The predicted octanol–water partition coefficient (Wildman–Crippen LogP) is 3.89. The second-order valence-electron chi connectivity index (χ2n) is 5.37. The molecule has 0 bridgehead atoms. The Hall–Kier alpha value is -1.19. The Bertz CT molecular complexity index is 568. The van der Waals surface area contributed by atoms with E-state index in [0.29, 0.717) is 5.92 Å². The van der Waals surface area contributed by atoms with E-state index < -0.39 is 0 Å². The van der Waals surface area contributed by atoms with Gasteiger partial charge in [0.2, 0.25) is 0 Å². The highest BCUT2D eigenvalue weighted by Gasteiger charge is 2.20. The van der Waals surface area contributed by atoms with Crippen LogP contribution in [0.1, 0.15) is 34.2 Å². The Kier molecular flexibility index (Phi) is 3.67. The van der Waals surface area contributed by atoms with Gasteiger partial charge in [-0.05, 0) is 39.3 Å². The Morgan fingerprint density at radius 1 is 1.32 bits per heavy atom. The maximum absolute atomic E-state index is 4.92. The van der Waals surface area contributed by atoms with Crippen LogP contribution in [0.4, 0.5) is 0 Å². The minimum Gasteiger partial charge on any atom is -0.316 e. The average molecular weight is 272 g/mol. The van der Waals surface area contributed by atoms with Gasteiger partial charge >= 0.3 is 0 Å².